The molecule has 0 aromatic carbocycles. The molecule has 4 aromatic heterocycles. The Morgan fingerprint density at radius 3 is 2.72 bits per heavy atom. The van der Waals surface area contributed by atoms with E-state index in [1.165, 1.54) is 0 Å². The number of amides is 2. The van der Waals surface area contributed by atoms with Gasteiger partial charge in [0.2, 0.25) is 0 Å². The molecule has 2 aliphatic heterocycles. The number of morpholine rings is 1. The number of ether oxygens (including phenoxy) is 1. The van der Waals surface area contributed by atoms with Crippen molar-refractivity contribution in [2.24, 2.45) is 0 Å². The summed E-state index contributed by atoms with van der Waals surface area (Å²) in [6, 6.07) is 5.99. The maximum Gasteiger partial charge on any atom is 0.257 e. The smallest absolute Gasteiger partial charge is 0.257 e. The zero-order valence-electron chi connectivity index (χ0n) is 20.2. The first-order chi connectivity index (χ1) is 17.6. The number of aromatic nitrogens is 4. The van der Waals surface area contributed by atoms with E-state index in [9.17, 15) is 9.59 Å². The van der Waals surface area contributed by atoms with Crippen molar-refractivity contribution < 1.29 is 14.3 Å². The second-order valence-electron chi connectivity index (χ2n) is 9.58. The minimum absolute atomic E-state index is 0.0427. The number of carbonyl (C=O) groups is 2. The lowest BCUT2D eigenvalue weighted by molar-refractivity contribution is 0.0304. The second-order valence-corrected chi connectivity index (χ2v) is 9.58. The average molecular weight is 488 g/mol. The maximum atomic E-state index is 13.1. The van der Waals surface area contributed by atoms with Gasteiger partial charge in [-0.25, -0.2) is 9.50 Å². The van der Waals surface area contributed by atoms with Gasteiger partial charge in [0.05, 0.1) is 36.1 Å². The van der Waals surface area contributed by atoms with Gasteiger partial charge in [-0.1, -0.05) is 0 Å². The first-order valence-electron chi connectivity index (χ1n) is 12.4. The summed E-state index contributed by atoms with van der Waals surface area (Å²) >= 11 is 0. The molecule has 2 amide bonds. The van der Waals surface area contributed by atoms with E-state index >= 15 is 0 Å². The quantitative estimate of drug-likeness (QED) is 0.457. The average Bonchev–Trinajstić information content (AvgIpc) is 3.53. The summed E-state index contributed by atoms with van der Waals surface area (Å²) in [5, 5.41) is 8.40. The number of piperidine rings is 1. The van der Waals surface area contributed by atoms with Crippen molar-refractivity contribution in [3.8, 4) is 11.1 Å². The van der Waals surface area contributed by atoms with Crippen LogP contribution in [0.3, 0.4) is 0 Å². The number of pyridine rings is 2. The van der Waals surface area contributed by atoms with Crippen molar-refractivity contribution >= 4 is 28.4 Å². The summed E-state index contributed by atoms with van der Waals surface area (Å²) in [5.41, 5.74) is 4.38. The van der Waals surface area contributed by atoms with Crippen molar-refractivity contribution in [3.05, 3.63) is 54.1 Å². The number of fused-ring (bicyclic) bond motifs is 2. The molecular formula is C26H29N7O3. The monoisotopic (exact) mass is 487 g/mol. The Kier molecular flexibility index (Phi) is 5.90. The van der Waals surface area contributed by atoms with Crippen molar-refractivity contribution in [1.29, 1.82) is 0 Å². The third-order valence-electron chi connectivity index (χ3n) is 7.21. The third kappa shape index (κ3) is 4.22. The van der Waals surface area contributed by atoms with Gasteiger partial charge in [0.15, 0.2) is 0 Å². The fourth-order valence-corrected chi connectivity index (χ4v) is 5.04. The van der Waals surface area contributed by atoms with Gasteiger partial charge in [0.25, 0.3) is 11.8 Å². The van der Waals surface area contributed by atoms with Gasteiger partial charge in [0, 0.05) is 48.7 Å². The molecule has 10 heteroatoms. The summed E-state index contributed by atoms with van der Waals surface area (Å²) in [7, 11) is 2.10. The summed E-state index contributed by atoms with van der Waals surface area (Å²) in [6.07, 6.45) is 8.88. The first-order valence-corrected chi connectivity index (χ1v) is 12.4. The molecule has 6 rings (SSSR count). The third-order valence-corrected chi connectivity index (χ3v) is 7.21. The van der Waals surface area contributed by atoms with Crippen molar-refractivity contribution in [2.45, 2.75) is 18.9 Å². The van der Waals surface area contributed by atoms with Crippen LogP contribution in [0.15, 0.2) is 43.0 Å². The molecule has 36 heavy (non-hydrogen) atoms. The van der Waals surface area contributed by atoms with Gasteiger partial charge in [0.1, 0.15) is 5.65 Å². The molecule has 10 nitrogen and oxygen atoms in total. The fourth-order valence-electron chi connectivity index (χ4n) is 5.04. The maximum absolute atomic E-state index is 13.1. The predicted octanol–water partition coefficient (Wildman–Crippen LogP) is 2.17. The number of nitrogens with one attached hydrogen (secondary N) is 2. The number of H-pyrrole nitrogens is 1. The molecule has 0 radical (unpaired) electrons. The largest absolute Gasteiger partial charge is 0.378 e. The van der Waals surface area contributed by atoms with E-state index < -0.39 is 0 Å². The fraction of sp³-hybridized carbons (Fsp3) is 0.385. The highest BCUT2D eigenvalue weighted by Crippen LogP contribution is 2.30. The van der Waals surface area contributed by atoms with Crippen LogP contribution in [-0.2, 0) is 4.74 Å². The number of hydrogen-bond donors (Lipinski definition) is 2. The van der Waals surface area contributed by atoms with Crippen molar-refractivity contribution in [2.75, 3.05) is 46.4 Å². The van der Waals surface area contributed by atoms with E-state index in [1.54, 1.807) is 21.8 Å². The van der Waals surface area contributed by atoms with Crippen molar-refractivity contribution in [1.82, 2.24) is 34.7 Å². The van der Waals surface area contributed by atoms with E-state index in [1.807, 2.05) is 30.6 Å². The molecule has 2 fully saturated rings. The van der Waals surface area contributed by atoms with Crippen LogP contribution in [0.2, 0.25) is 0 Å². The predicted molar refractivity (Wildman–Crippen MR) is 135 cm³/mol. The van der Waals surface area contributed by atoms with Crippen molar-refractivity contribution in [3.63, 3.8) is 0 Å². The Bertz CT molecular complexity index is 1430. The van der Waals surface area contributed by atoms with Gasteiger partial charge in [-0.15, -0.1) is 0 Å². The second kappa shape index (κ2) is 9.36. The van der Waals surface area contributed by atoms with Gasteiger partial charge < -0.3 is 24.8 Å². The summed E-state index contributed by atoms with van der Waals surface area (Å²) in [5.74, 6) is -0.144. The number of carbonyl (C=O) groups excluding carboxylic acids is 2. The van der Waals surface area contributed by atoms with Crippen LogP contribution in [0, 0.1) is 0 Å². The lowest BCUT2D eigenvalue weighted by Gasteiger charge is -2.29. The molecule has 2 saturated heterocycles. The molecule has 0 unspecified atom stereocenters. The zero-order valence-corrected chi connectivity index (χ0v) is 20.2. The molecule has 186 valence electrons. The SMILES string of the molecule is CN1CCC(NC(=O)c2cnc3[nH]cc(-c4ccn5ncc(C(=O)N6CCOCC6)c5c4)c3c2)CC1. The van der Waals surface area contributed by atoms with Crippen LogP contribution in [0.25, 0.3) is 27.7 Å². The highest BCUT2D eigenvalue weighted by molar-refractivity contribution is 6.03. The van der Waals surface area contributed by atoms with E-state index in [0.717, 1.165) is 48.0 Å². The van der Waals surface area contributed by atoms with Crippen LogP contribution in [0.1, 0.15) is 33.6 Å². The van der Waals surface area contributed by atoms with Crippen LogP contribution >= 0.6 is 0 Å². The standard InChI is InChI=1S/C26H29N7O3/c1-31-5-3-19(4-6-31)30-25(34)18-12-20-21(15-28-24(20)27-14-18)17-2-7-33-23(13-17)22(16-29-33)26(35)32-8-10-36-11-9-32/h2,7,12-16,19H,3-6,8-11H2,1H3,(H,27,28)(H,30,34). The molecule has 0 aliphatic carbocycles. The van der Waals surface area contributed by atoms with E-state index in [2.05, 4.69) is 32.3 Å². The molecular weight excluding hydrogens is 458 g/mol. The van der Waals surface area contributed by atoms with Gasteiger partial charge in [-0.05, 0) is 56.7 Å². The molecule has 2 aliphatic rings. The Balaban J connectivity index is 1.30. The molecule has 0 spiro atoms. The summed E-state index contributed by atoms with van der Waals surface area (Å²) in [6.45, 7) is 4.21. The number of aromatic amines is 1. The number of nitrogens with zero attached hydrogens (tertiary/aromatic N) is 5. The first kappa shape index (κ1) is 22.7. The number of rotatable bonds is 4. The van der Waals surface area contributed by atoms with Crippen LogP contribution < -0.4 is 5.32 Å². The molecule has 0 atom stereocenters. The van der Waals surface area contributed by atoms with Crippen LogP contribution in [0.5, 0.6) is 0 Å². The number of hydrogen-bond acceptors (Lipinski definition) is 6. The molecule has 0 saturated carbocycles. The van der Waals surface area contributed by atoms with E-state index in [4.69, 9.17) is 4.74 Å². The van der Waals surface area contributed by atoms with Gasteiger partial charge in [-0.2, -0.15) is 5.10 Å². The highest BCUT2D eigenvalue weighted by Gasteiger charge is 2.23. The zero-order chi connectivity index (χ0) is 24.6. The minimum Gasteiger partial charge on any atom is -0.378 e. The summed E-state index contributed by atoms with van der Waals surface area (Å²) in [4.78, 5) is 37.9. The van der Waals surface area contributed by atoms with Crippen LogP contribution in [0.4, 0.5) is 0 Å². The molecule has 2 N–H and O–H groups in total. The van der Waals surface area contributed by atoms with Gasteiger partial charge >= 0.3 is 0 Å². The van der Waals surface area contributed by atoms with E-state index in [0.29, 0.717) is 43.1 Å². The topological polar surface area (TPSA) is 108 Å². The minimum atomic E-state index is -0.101. The Morgan fingerprint density at radius 1 is 1.11 bits per heavy atom. The Morgan fingerprint density at radius 2 is 1.92 bits per heavy atom. The lowest BCUT2D eigenvalue weighted by atomic mass is 10.0. The molecule has 0 bridgehead atoms. The lowest BCUT2D eigenvalue weighted by Crippen LogP contribution is -2.43. The Labute approximate surface area is 208 Å². The normalized spacial score (nSPS) is 17.6. The molecule has 6 heterocycles. The number of likely N-dealkylation sites (tertiary alicyclic amines) is 1. The Hall–Kier alpha value is -3.76. The summed E-state index contributed by atoms with van der Waals surface area (Å²) < 4.78 is 7.10. The van der Waals surface area contributed by atoms with E-state index in [-0.39, 0.29) is 17.9 Å². The van der Waals surface area contributed by atoms with Crippen LogP contribution in [-0.4, -0.2) is 93.7 Å². The molecule has 4 aromatic rings. The highest BCUT2D eigenvalue weighted by atomic mass is 16.5. The van der Waals surface area contributed by atoms with Gasteiger partial charge in [-0.3, -0.25) is 9.59 Å².